The van der Waals surface area contributed by atoms with Crippen molar-refractivity contribution >= 4 is 5.97 Å². The van der Waals surface area contributed by atoms with Crippen molar-refractivity contribution in [1.82, 2.24) is 9.97 Å². The Labute approximate surface area is 204 Å². The van der Waals surface area contributed by atoms with Crippen LogP contribution in [0, 0.1) is 0 Å². The predicted molar refractivity (Wildman–Crippen MR) is 139 cm³/mol. The fourth-order valence-electron chi connectivity index (χ4n) is 4.01. The van der Waals surface area contributed by atoms with Gasteiger partial charge in [-0.2, -0.15) is 0 Å². The van der Waals surface area contributed by atoms with Gasteiger partial charge >= 0.3 is 5.97 Å². The molecule has 34 heavy (non-hydrogen) atoms. The van der Waals surface area contributed by atoms with E-state index < -0.39 is 5.97 Å². The van der Waals surface area contributed by atoms with E-state index >= 15 is 0 Å². The number of esters is 1. The van der Waals surface area contributed by atoms with Gasteiger partial charge in [0.05, 0.1) is 23.7 Å². The van der Waals surface area contributed by atoms with Gasteiger partial charge in [0.2, 0.25) is 5.88 Å². The third kappa shape index (κ3) is 8.40. The van der Waals surface area contributed by atoms with Gasteiger partial charge < -0.3 is 4.74 Å². The van der Waals surface area contributed by atoms with Crippen LogP contribution in [0.15, 0.2) is 60.9 Å². The molecule has 2 aromatic carbocycles. The van der Waals surface area contributed by atoms with Crippen LogP contribution in [-0.2, 0) is 12.8 Å². The number of nitrogens with zero attached hydrogens (tertiary/aromatic N) is 2. The molecule has 0 amide bonds. The van der Waals surface area contributed by atoms with Crippen LogP contribution in [0.3, 0.4) is 0 Å². The molecule has 1 heterocycles. The lowest BCUT2D eigenvalue weighted by Crippen LogP contribution is -2.09. The number of ether oxygens (including phenoxy) is 1. The van der Waals surface area contributed by atoms with Crippen LogP contribution in [0.2, 0.25) is 0 Å². The maximum Gasteiger partial charge on any atom is 0.344 e. The predicted octanol–water partition coefficient (Wildman–Crippen LogP) is 8.00. The smallest absolute Gasteiger partial charge is 0.344 e. The first kappa shape index (κ1) is 25.6. The van der Waals surface area contributed by atoms with Crippen LogP contribution in [0.25, 0.3) is 11.3 Å². The zero-order valence-corrected chi connectivity index (χ0v) is 20.8. The molecule has 0 atom stereocenters. The third-order valence-electron chi connectivity index (χ3n) is 6.15. The Kier molecular flexibility index (Phi) is 10.8. The lowest BCUT2D eigenvalue weighted by molar-refractivity contribution is 0.0727. The van der Waals surface area contributed by atoms with E-state index in [0.29, 0.717) is 5.56 Å². The maximum absolute atomic E-state index is 12.5. The van der Waals surface area contributed by atoms with Gasteiger partial charge in [0.1, 0.15) is 0 Å². The Morgan fingerprint density at radius 1 is 0.676 bits per heavy atom. The minimum Gasteiger partial charge on any atom is -0.402 e. The quantitative estimate of drug-likeness (QED) is 0.181. The van der Waals surface area contributed by atoms with Crippen LogP contribution in [-0.4, -0.2) is 15.9 Å². The fourth-order valence-corrected chi connectivity index (χ4v) is 4.01. The zero-order valence-electron chi connectivity index (χ0n) is 20.8. The normalized spacial score (nSPS) is 10.9. The van der Waals surface area contributed by atoms with Crippen molar-refractivity contribution in [3.63, 3.8) is 0 Å². The monoisotopic (exact) mass is 458 g/mol. The van der Waals surface area contributed by atoms with E-state index in [1.54, 1.807) is 6.20 Å². The summed E-state index contributed by atoms with van der Waals surface area (Å²) in [7, 11) is 0. The Morgan fingerprint density at radius 2 is 1.24 bits per heavy atom. The molecule has 4 heteroatoms. The zero-order chi connectivity index (χ0) is 24.0. The van der Waals surface area contributed by atoms with Gasteiger partial charge in [-0.1, -0.05) is 95.2 Å². The lowest BCUT2D eigenvalue weighted by atomic mass is 10.0. The van der Waals surface area contributed by atoms with Crippen molar-refractivity contribution in [2.24, 2.45) is 0 Å². The van der Waals surface area contributed by atoms with Crippen molar-refractivity contribution in [3.8, 4) is 17.1 Å². The Hall–Kier alpha value is -3.01. The first-order valence-corrected chi connectivity index (χ1v) is 12.9. The van der Waals surface area contributed by atoms with Gasteiger partial charge in [0.25, 0.3) is 0 Å². The molecule has 1 aromatic heterocycles. The molecule has 0 aliphatic heterocycles. The van der Waals surface area contributed by atoms with Crippen LogP contribution in [0.1, 0.15) is 93.1 Å². The molecule has 0 aliphatic rings. The number of hydrogen-bond acceptors (Lipinski definition) is 4. The molecule has 0 aliphatic carbocycles. The molecule has 0 saturated heterocycles. The molecule has 0 unspecified atom stereocenters. The van der Waals surface area contributed by atoms with E-state index in [1.165, 1.54) is 75.1 Å². The largest absolute Gasteiger partial charge is 0.402 e. The minimum absolute atomic E-state index is 0.209. The summed E-state index contributed by atoms with van der Waals surface area (Å²) in [6.45, 7) is 4.46. The van der Waals surface area contributed by atoms with Crippen molar-refractivity contribution in [1.29, 1.82) is 0 Å². The van der Waals surface area contributed by atoms with Crippen LogP contribution in [0.5, 0.6) is 5.88 Å². The number of hydrogen-bond donors (Lipinski definition) is 0. The number of rotatable bonds is 14. The number of carbonyl (C=O) groups excluding carboxylic acids is 1. The summed E-state index contributed by atoms with van der Waals surface area (Å²) in [6, 6.07) is 16.1. The van der Waals surface area contributed by atoms with Crippen LogP contribution >= 0.6 is 0 Å². The molecule has 3 aromatic rings. The highest BCUT2D eigenvalue weighted by atomic mass is 16.5. The Bertz CT molecular complexity index is 980. The number of unbranched alkanes of at least 4 members (excludes halogenated alkanes) is 7. The summed E-state index contributed by atoms with van der Waals surface area (Å²) >= 11 is 0. The summed E-state index contributed by atoms with van der Waals surface area (Å²) in [5, 5.41) is 0. The molecule has 180 valence electrons. The van der Waals surface area contributed by atoms with E-state index in [9.17, 15) is 4.79 Å². The molecule has 0 saturated carbocycles. The topological polar surface area (TPSA) is 52.1 Å². The van der Waals surface area contributed by atoms with Crippen LogP contribution in [0.4, 0.5) is 0 Å². The third-order valence-corrected chi connectivity index (χ3v) is 6.15. The molecule has 0 N–H and O–H groups in total. The van der Waals surface area contributed by atoms with Gasteiger partial charge in [-0.3, -0.25) is 0 Å². The number of benzene rings is 2. The molecule has 0 radical (unpaired) electrons. The standard InChI is InChI=1S/C30H38N2O2/c1-3-5-7-8-9-11-13-25-16-20-27(21-17-25)30(33)34-29-23-31-28(22-32-29)26-18-14-24(15-19-26)12-10-6-4-2/h14-23H,3-13H2,1-2H3. The molecular formula is C30H38N2O2. The van der Waals surface area contributed by atoms with Crippen molar-refractivity contribution in [3.05, 3.63) is 77.6 Å². The van der Waals surface area contributed by atoms with Crippen molar-refractivity contribution < 1.29 is 9.53 Å². The molecule has 4 nitrogen and oxygen atoms in total. The van der Waals surface area contributed by atoms with E-state index in [-0.39, 0.29) is 5.88 Å². The Balaban J connectivity index is 1.47. The first-order valence-electron chi connectivity index (χ1n) is 12.9. The van der Waals surface area contributed by atoms with E-state index in [4.69, 9.17) is 4.74 Å². The molecule has 3 rings (SSSR count). The fraction of sp³-hybridized carbons (Fsp3) is 0.433. The average Bonchev–Trinajstić information content (AvgIpc) is 2.87. The van der Waals surface area contributed by atoms with Crippen LogP contribution < -0.4 is 4.74 Å². The minimum atomic E-state index is -0.412. The molecule has 0 spiro atoms. The Morgan fingerprint density at radius 3 is 1.85 bits per heavy atom. The van der Waals surface area contributed by atoms with Gasteiger partial charge in [0, 0.05) is 5.56 Å². The van der Waals surface area contributed by atoms with Gasteiger partial charge in [-0.15, -0.1) is 0 Å². The van der Waals surface area contributed by atoms with E-state index in [1.807, 2.05) is 24.3 Å². The molecular weight excluding hydrogens is 420 g/mol. The highest BCUT2D eigenvalue weighted by molar-refractivity contribution is 5.90. The number of aromatic nitrogens is 2. The summed E-state index contributed by atoms with van der Waals surface area (Å²) < 4.78 is 5.43. The summed E-state index contributed by atoms with van der Waals surface area (Å²) in [5.74, 6) is -0.203. The van der Waals surface area contributed by atoms with Crippen molar-refractivity contribution in [2.75, 3.05) is 0 Å². The second-order valence-corrected chi connectivity index (χ2v) is 9.00. The SMILES string of the molecule is CCCCCCCCc1ccc(C(=O)Oc2cnc(-c3ccc(CCCCC)cc3)cn2)cc1. The highest BCUT2D eigenvalue weighted by Gasteiger charge is 2.10. The average molecular weight is 459 g/mol. The highest BCUT2D eigenvalue weighted by Crippen LogP contribution is 2.20. The number of carbonyl (C=O) groups is 1. The molecule has 0 bridgehead atoms. The first-order chi connectivity index (χ1) is 16.7. The van der Waals surface area contributed by atoms with Crippen molar-refractivity contribution in [2.45, 2.75) is 84.5 Å². The summed E-state index contributed by atoms with van der Waals surface area (Å²) in [6.07, 6.45) is 16.7. The summed E-state index contributed by atoms with van der Waals surface area (Å²) in [4.78, 5) is 21.2. The van der Waals surface area contributed by atoms with Gasteiger partial charge in [-0.25, -0.2) is 14.8 Å². The van der Waals surface area contributed by atoms with Gasteiger partial charge in [0.15, 0.2) is 0 Å². The maximum atomic E-state index is 12.5. The lowest BCUT2D eigenvalue weighted by Gasteiger charge is -2.07. The van der Waals surface area contributed by atoms with E-state index in [2.05, 4.69) is 48.1 Å². The summed E-state index contributed by atoms with van der Waals surface area (Å²) in [5.41, 5.74) is 4.89. The molecule has 0 fully saturated rings. The van der Waals surface area contributed by atoms with Gasteiger partial charge in [-0.05, 0) is 48.9 Å². The second kappa shape index (κ2) is 14.3. The van der Waals surface area contributed by atoms with E-state index in [0.717, 1.165) is 24.1 Å². The number of aryl methyl sites for hydroxylation is 2. The second-order valence-electron chi connectivity index (χ2n) is 9.00.